The predicted molar refractivity (Wildman–Crippen MR) is 63.2 cm³/mol. The van der Waals surface area contributed by atoms with Crippen LogP contribution in [0.25, 0.3) is 0 Å². The highest BCUT2D eigenvalue weighted by molar-refractivity contribution is 4.91. The predicted octanol–water partition coefficient (Wildman–Crippen LogP) is 3.58. The van der Waals surface area contributed by atoms with Crippen molar-refractivity contribution in [3.8, 4) is 0 Å². The Bertz CT molecular complexity index is 180. The van der Waals surface area contributed by atoms with Crippen molar-refractivity contribution in [2.24, 2.45) is 23.0 Å². The van der Waals surface area contributed by atoms with E-state index in [9.17, 15) is 0 Å². The van der Waals surface area contributed by atoms with E-state index >= 15 is 0 Å². The molecule has 0 aromatic heterocycles. The third-order valence-electron chi connectivity index (χ3n) is 4.57. The molecule has 1 aliphatic rings. The zero-order valence-corrected chi connectivity index (χ0v) is 10.6. The van der Waals surface area contributed by atoms with Gasteiger partial charge in [-0.3, -0.25) is 0 Å². The molecular formula is C13H27N. The summed E-state index contributed by atoms with van der Waals surface area (Å²) in [6, 6.07) is 0. The lowest BCUT2D eigenvalue weighted by Gasteiger charge is -2.44. The second-order valence-electron chi connectivity index (χ2n) is 6.40. The lowest BCUT2D eigenvalue weighted by Crippen LogP contribution is -2.44. The van der Waals surface area contributed by atoms with Crippen molar-refractivity contribution in [2.75, 3.05) is 0 Å². The third kappa shape index (κ3) is 2.50. The maximum absolute atomic E-state index is 6.17. The van der Waals surface area contributed by atoms with Crippen molar-refractivity contribution >= 4 is 0 Å². The van der Waals surface area contributed by atoms with Crippen LogP contribution in [0.1, 0.15) is 60.3 Å². The van der Waals surface area contributed by atoms with Gasteiger partial charge >= 0.3 is 0 Å². The van der Waals surface area contributed by atoms with Crippen LogP contribution >= 0.6 is 0 Å². The van der Waals surface area contributed by atoms with Gasteiger partial charge in [-0.15, -0.1) is 0 Å². The highest BCUT2D eigenvalue weighted by Crippen LogP contribution is 2.45. The molecule has 2 N–H and O–H groups in total. The molecule has 0 spiro atoms. The Morgan fingerprint density at radius 2 is 1.64 bits per heavy atom. The van der Waals surface area contributed by atoms with E-state index in [0.717, 1.165) is 11.8 Å². The van der Waals surface area contributed by atoms with Gasteiger partial charge in [-0.1, -0.05) is 20.8 Å². The Morgan fingerprint density at radius 1 is 1.21 bits per heavy atom. The molecule has 0 aromatic rings. The zero-order chi connectivity index (χ0) is 11.0. The van der Waals surface area contributed by atoms with Crippen LogP contribution in [-0.2, 0) is 0 Å². The molecule has 0 heterocycles. The fourth-order valence-corrected chi connectivity index (χ4v) is 2.60. The molecule has 1 aliphatic carbocycles. The Balaban J connectivity index is 2.54. The molecule has 1 rings (SSSR count). The summed E-state index contributed by atoms with van der Waals surface area (Å²) in [4.78, 5) is 0. The summed E-state index contributed by atoms with van der Waals surface area (Å²) in [5.41, 5.74) is 6.77. The van der Waals surface area contributed by atoms with Crippen LogP contribution in [0.4, 0.5) is 0 Å². The molecule has 0 atom stereocenters. The molecule has 14 heavy (non-hydrogen) atoms. The molecule has 0 aliphatic heterocycles. The lowest BCUT2D eigenvalue weighted by molar-refractivity contribution is 0.0870. The van der Waals surface area contributed by atoms with Gasteiger partial charge in [0.1, 0.15) is 0 Å². The SMILES string of the molecule is CC(C)C1(C)CCC(C(C)(C)N)CC1. The fourth-order valence-electron chi connectivity index (χ4n) is 2.60. The minimum absolute atomic E-state index is 0.0261. The van der Waals surface area contributed by atoms with Crippen molar-refractivity contribution in [3.63, 3.8) is 0 Å². The van der Waals surface area contributed by atoms with Gasteiger partial charge in [0, 0.05) is 5.54 Å². The normalized spacial score (nSPS) is 34.9. The Hall–Kier alpha value is -0.0400. The van der Waals surface area contributed by atoms with E-state index in [-0.39, 0.29) is 5.54 Å². The monoisotopic (exact) mass is 197 g/mol. The molecule has 1 fully saturated rings. The largest absolute Gasteiger partial charge is 0.325 e. The van der Waals surface area contributed by atoms with Gasteiger partial charge < -0.3 is 5.73 Å². The molecule has 1 nitrogen and oxygen atoms in total. The quantitative estimate of drug-likeness (QED) is 0.719. The second-order valence-corrected chi connectivity index (χ2v) is 6.40. The van der Waals surface area contributed by atoms with Crippen LogP contribution in [0.3, 0.4) is 0 Å². The van der Waals surface area contributed by atoms with Crippen LogP contribution in [0.2, 0.25) is 0 Å². The van der Waals surface area contributed by atoms with E-state index < -0.39 is 0 Å². The van der Waals surface area contributed by atoms with Gasteiger partial charge in [-0.2, -0.15) is 0 Å². The summed E-state index contributed by atoms with van der Waals surface area (Å²) >= 11 is 0. The molecule has 84 valence electrons. The van der Waals surface area contributed by atoms with Crippen molar-refractivity contribution in [3.05, 3.63) is 0 Å². The Labute approximate surface area is 89.5 Å². The van der Waals surface area contributed by atoms with Crippen LogP contribution in [0.15, 0.2) is 0 Å². The average Bonchev–Trinajstić information content (AvgIpc) is 2.03. The number of rotatable bonds is 2. The molecule has 0 amide bonds. The van der Waals surface area contributed by atoms with E-state index in [0.29, 0.717) is 5.41 Å². The van der Waals surface area contributed by atoms with Gasteiger partial charge in [0.15, 0.2) is 0 Å². The molecule has 0 unspecified atom stereocenters. The molecule has 1 saturated carbocycles. The first-order chi connectivity index (χ1) is 6.26. The number of hydrogen-bond donors (Lipinski definition) is 1. The highest BCUT2D eigenvalue weighted by atomic mass is 14.7. The summed E-state index contributed by atoms with van der Waals surface area (Å²) in [5.74, 6) is 1.54. The van der Waals surface area contributed by atoms with E-state index in [1.807, 2.05) is 0 Å². The number of nitrogens with two attached hydrogens (primary N) is 1. The smallest absolute Gasteiger partial charge is 0.0125 e. The van der Waals surface area contributed by atoms with E-state index in [1.54, 1.807) is 0 Å². The van der Waals surface area contributed by atoms with E-state index in [4.69, 9.17) is 5.73 Å². The Kier molecular flexibility index (Phi) is 3.30. The minimum Gasteiger partial charge on any atom is -0.325 e. The molecule has 0 aromatic carbocycles. The highest BCUT2D eigenvalue weighted by Gasteiger charge is 2.37. The van der Waals surface area contributed by atoms with Crippen LogP contribution < -0.4 is 5.73 Å². The first kappa shape index (κ1) is 12.0. The van der Waals surface area contributed by atoms with E-state index in [1.165, 1.54) is 25.7 Å². The van der Waals surface area contributed by atoms with Crippen molar-refractivity contribution in [1.82, 2.24) is 0 Å². The van der Waals surface area contributed by atoms with Crippen LogP contribution in [0.5, 0.6) is 0 Å². The standard InChI is InChI=1S/C13H27N/c1-10(2)13(5)8-6-11(7-9-13)12(3,4)14/h10-11H,6-9,14H2,1-5H3. The second kappa shape index (κ2) is 3.84. The minimum atomic E-state index is 0.0261. The van der Waals surface area contributed by atoms with Gasteiger partial charge in [0.2, 0.25) is 0 Å². The van der Waals surface area contributed by atoms with Gasteiger partial charge in [0.05, 0.1) is 0 Å². The van der Waals surface area contributed by atoms with E-state index in [2.05, 4.69) is 34.6 Å². The maximum Gasteiger partial charge on any atom is 0.0125 e. The van der Waals surface area contributed by atoms with Crippen LogP contribution in [-0.4, -0.2) is 5.54 Å². The van der Waals surface area contributed by atoms with Crippen LogP contribution in [0, 0.1) is 17.3 Å². The summed E-state index contributed by atoms with van der Waals surface area (Å²) in [5, 5.41) is 0. The first-order valence-electron chi connectivity index (χ1n) is 6.04. The first-order valence-corrected chi connectivity index (χ1v) is 6.04. The summed E-state index contributed by atoms with van der Waals surface area (Å²) in [6.45, 7) is 11.5. The topological polar surface area (TPSA) is 26.0 Å². The zero-order valence-electron chi connectivity index (χ0n) is 10.6. The summed E-state index contributed by atoms with van der Waals surface area (Å²) < 4.78 is 0. The van der Waals surface area contributed by atoms with Gasteiger partial charge in [-0.25, -0.2) is 0 Å². The Morgan fingerprint density at radius 3 is 1.93 bits per heavy atom. The summed E-state index contributed by atoms with van der Waals surface area (Å²) in [7, 11) is 0. The lowest BCUT2D eigenvalue weighted by atomic mass is 9.63. The van der Waals surface area contributed by atoms with Crippen molar-refractivity contribution in [1.29, 1.82) is 0 Å². The fraction of sp³-hybridized carbons (Fsp3) is 1.00. The van der Waals surface area contributed by atoms with Crippen molar-refractivity contribution < 1.29 is 0 Å². The summed E-state index contributed by atoms with van der Waals surface area (Å²) in [6.07, 6.45) is 5.35. The molecule has 0 radical (unpaired) electrons. The molecule has 0 saturated heterocycles. The molecular weight excluding hydrogens is 170 g/mol. The third-order valence-corrected chi connectivity index (χ3v) is 4.57. The van der Waals surface area contributed by atoms with Gasteiger partial charge in [0.25, 0.3) is 0 Å². The molecule has 1 heteroatoms. The maximum atomic E-state index is 6.17. The number of hydrogen-bond acceptors (Lipinski definition) is 1. The van der Waals surface area contributed by atoms with Crippen molar-refractivity contribution in [2.45, 2.75) is 65.8 Å². The average molecular weight is 197 g/mol. The molecule has 0 bridgehead atoms. The van der Waals surface area contributed by atoms with Gasteiger partial charge in [-0.05, 0) is 56.8 Å².